The summed E-state index contributed by atoms with van der Waals surface area (Å²) in [7, 11) is 4.63. The number of aromatic nitrogens is 4. The van der Waals surface area contributed by atoms with Crippen LogP contribution in [0.15, 0.2) is 48.3 Å². The van der Waals surface area contributed by atoms with Gasteiger partial charge in [-0.3, -0.25) is 9.36 Å². The zero-order valence-electron chi connectivity index (χ0n) is 17.8. The Kier molecular flexibility index (Phi) is 7.96. The summed E-state index contributed by atoms with van der Waals surface area (Å²) < 4.78 is 18.1. The van der Waals surface area contributed by atoms with Gasteiger partial charge in [-0.15, -0.1) is 16.8 Å². The molecule has 168 valence electrons. The van der Waals surface area contributed by atoms with E-state index in [9.17, 15) is 4.79 Å². The molecule has 32 heavy (non-hydrogen) atoms. The number of nitrogens with zero attached hydrogens (tertiary/aromatic N) is 4. The van der Waals surface area contributed by atoms with Crippen molar-refractivity contribution in [2.45, 2.75) is 11.7 Å². The first-order valence-electron chi connectivity index (χ1n) is 9.39. The van der Waals surface area contributed by atoms with Gasteiger partial charge in [0.15, 0.2) is 22.5 Å². The van der Waals surface area contributed by atoms with Crippen LogP contribution in [0.3, 0.4) is 0 Å². The van der Waals surface area contributed by atoms with Crippen LogP contribution in [0.5, 0.6) is 17.2 Å². The van der Waals surface area contributed by atoms with Gasteiger partial charge in [0.25, 0.3) is 0 Å². The van der Waals surface area contributed by atoms with Crippen molar-refractivity contribution in [3.05, 3.63) is 48.1 Å². The summed E-state index contributed by atoms with van der Waals surface area (Å²) in [5.74, 6) is 2.37. The van der Waals surface area contributed by atoms with Crippen LogP contribution in [-0.4, -0.2) is 52.7 Å². The van der Waals surface area contributed by atoms with Gasteiger partial charge in [-0.05, 0) is 24.3 Å². The van der Waals surface area contributed by atoms with Crippen LogP contribution in [0.2, 0.25) is 5.02 Å². The third-order valence-corrected chi connectivity index (χ3v) is 5.47. The summed E-state index contributed by atoms with van der Waals surface area (Å²) >= 11 is 7.07. The van der Waals surface area contributed by atoms with Gasteiger partial charge < -0.3 is 19.5 Å². The second kappa shape index (κ2) is 10.9. The number of thioether (sulfide) groups is 1. The molecule has 2 aromatic heterocycles. The number of hydrogen-bond donors (Lipinski definition) is 1. The lowest BCUT2D eigenvalue weighted by atomic mass is 10.1. The van der Waals surface area contributed by atoms with E-state index in [-0.39, 0.29) is 11.7 Å². The first-order chi connectivity index (χ1) is 15.5. The number of amides is 1. The highest BCUT2D eigenvalue weighted by atomic mass is 35.5. The molecule has 0 spiro atoms. The lowest BCUT2D eigenvalue weighted by Crippen LogP contribution is -2.15. The molecule has 1 N–H and O–H groups in total. The van der Waals surface area contributed by atoms with Crippen molar-refractivity contribution in [3.63, 3.8) is 0 Å². The van der Waals surface area contributed by atoms with Crippen LogP contribution in [0, 0.1) is 0 Å². The number of hydrogen-bond acceptors (Lipinski definition) is 8. The van der Waals surface area contributed by atoms with Gasteiger partial charge in [-0.25, -0.2) is 4.98 Å². The first kappa shape index (κ1) is 23.4. The smallest absolute Gasteiger partial charge is 0.236 e. The van der Waals surface area contributed by atoms with Crippen molar-refractivity contribution in [1.82, 2.24) is 19.7 Å². The van der Waals surface area contributed by atoms with Gasteiger partial charge in [0, 0.05) is 18.3 Å². The van der Waals surface area contributed by atoms with E-state index in [0.717, 1.165) is 5.56 Å². The highest BCUT2D eigenvalue weighted by Gasteiger charge is 2.20. The molecule has 1 amide bonds. The molecular formula is C21H22ClN5O4S. The van der Waals surface area contributed by atoms with Gasteiger partial charge in [-0.1, -0.05) is 29.4 Å². The van der Waals surface area contributed by atoms with E-state index in [1.807, 2.05) is 4.57 Å². The Hall–Kier alpha value is -3.24. The minimum absolute atomic E-state index is 0.120. The molecule has 0 atom stereocenters. The summed E-state index contributed by atoms with van der Waals surface area (Å²) in [6, 6.07) is 6.87. The fourth-order valence-corrected chi connectivity index (χ4v) is 3.73. The highest BCUT2D eigenvalue weighted by Crippen LogP contribution is 2.41. The van der Waals surface area contributed by atoms with Crippen molar-refractivity contribution >= 4 is 35.1 Å². The molecule has 9 nitrogen and oxygen atoms in total. The maximum atomic E-state index is 12.3. The minimum atomic E-state index is -0.229. The molecule has 0 bridgehead atoms. The number of carbonyl (C=O) groups is 1. The van der Waals surface area contributed by atoms with E-state index in [0.29, 0.717) is 45.6 Å². The lowest BCUT2D eigenvalue weighted by Gasteiger charge is -2.14. The maximum Gasteiger partial charge on any atom is 0.236 e. The Morgan fingerprint density at radius 3 is 2.47 bits per heavy atom. The zero-order valence-corrected chi connectivity index (χ0v) is 19.4. The van der Waals surface area contributed by atoms with Crippen LogP contribution in [0.1, 0.15) is 0 Å². The Labute approximate surface area is 194 Å². The quantitative estimate of drug-likeness (QED) is 0.347. The molecule has 11 heteroatoms. The minimum Gasteiger partial charge on any atom is -0.493 e. The van der Waals surface area contributed by atoms with Gasteiger partial charge in [-0.2, -0.15) is 0 Å². The number of ether oxygens (including phenoxy) is 3. The van der Waals surface area contributed by atoms with Crippen molar-refractivity contribution in [1.29, 1.82) is 0 Å². The summed E-state index contributed by atoms with van der Waals surface area (Å²) in [6.45, 7) is 4.26. The van der Waals surface area contributed by atoms with Crippen molar-refractivity contribution < 1.29 is 19.0 Å². The Balaban J connectivity index is 1.83. The van der Waals surface area contributed by atoms with Crippen LogP contribution in [0.25, 0.3) is 11.4 Å². The monoisotopic (exact) mass is 475 g/mol. The number of halogens is 1. The van der Waals surface area contributed by atoms with Crippen molar-refractivity contribution in [2.24, 2.45) is 0 Å². The molecule has 3 rings (SSSR count). The molecular weight excluding hydrogens is 454 g/mol. The Morgan fingerprint density at radius 1 is 1.19 bits per heavy atom. The topological polar surface area (TPSA) is 100 Å². The van der Waals surface area contributed by atoms with E-state index in [1.54, 1.807) is 51.7 Å². The number of anilines is 1. The summed E-state index contributed by atoms with van der Waals surface area (Å²) in [5, 5.41) is 12.3. The van der Waals surface area contributed by atoms with Gasteiger partial charge in [0.2, 0.25) is 11.7 Å². The predicted octanol–water partition coefficient (Wildman–Crippen LogP) is 3.94. The number of benzene rings is 1. The predicted molar refractivity (Wildman–Crippen MR) is 124 cm³/mol. The lowest BCUT2D eigenvalue weighted by molar-refractivity contribution is -0.113. The van der Waals surface area contributed by atoms with Gasteiger partial charge in [0.05, 0.1) is 32.1 Å². The molecule has 2 heterocycles. The fraction of sp³-hybridized carbons (Fsp3) is 0.238. The molecule has 0 unspecified atom stereocenters. The summed E-state index contributed by atoms with van der Waals surface area (Å²) in [6.07, 6.45) is 3.20. The fourth-order valence-electron chi connectivity index (χ4n) is 2.87. The standard InChI is InChI=1S/C21H22ClN5O4S/c1-5-8-27-20(13-9-15(29-2)19(31-4)16(10-13)30-3)25-26-21(27)32-12-18(28)24-17-7-6-14(22)11-23-17/h5-7,9-11H,1,8,12H2,2-4H3,(H,23,24,28). The molecule has 0 aliphatic rings. The number of allylic oxidation sites excluding steroid dienone is 1. The second-order valence-electron chi connectivity index (χ2n) is 6.32. The molecule has 0 radical (unpaired) electrons. The SMILES string of the molecule is C=CCn1c(SCC(=O)Nc2ccc(Cl)cn2)nnc1-c1cc(OC)c(OC)c(OC)c1. The normalized spacial score (nSPS) is 10.5. The molecule has 0 fully saturated rings. The molecule has 0 aliphatic heterocycles. The third kappa shape index (κ3) is 5.32. The summed E-state index contributed by atoms with van der Waals surface area (Å²) in [4.78, 5) is 16.4. The number of methoxy groups -OCH3 is 3. The zero-order chi connectivity index (χ0) is 23.1. The molecule has 0 aliphatic carbocycles. The summed E-state index contributed by atoms with van der Waals surface area (Å²) in [5.41, 5.74) is 0.718. The van der Waals surface area contributed by atoms with E-state index in [4.69, 9.17) is 25.8 Å². The van der Waals surface area contributed by atoms with Crippen molar-refractivity contribution in [3.8, 4) is 28.6 Å². The molecule has 3 aromatic rings. The first-order valence-corrected chi connectivity index (χ1v) is 10.8. The van der Waals surface area contributed by atoms with E-state index in [2.05, 4.69) is 27.1 Å². The molecule has 1 aromatic carbocycles. The average Bonchev–Trinajstić information content (AvgIpc) is 3.21. The van der Waals surface area contributed by atoms with Crippen LogP contribution in [0.4, 0.5) is 5.82 Å². The van der Waals surface area contributed by atoms with E-state index < -0.39 is 0 Å². The Morgan fingerprint density at radius 2 is 1.91 bits per heavy atom. The van der Waals surface area contributed by atoms with Crippen LogP contribution in [-0.2, 0) is 11.3 Å². The number of rotatable bonds is 10. The molecule has 0 saturated heterocycles. The van der Waals surface area contributed by atoms with Gasteiger partial charge in [0.1, 0.15) is 5.82 Å². The Bertz CT molecular complexity index is 1080. The van der Waals surface area contributed by atoms with E-state index in [1.165, 1.54) is 18.0 Å². The largest absolute Gasteiger partial charge is 0.493 e. The van der Waals surface area contributed by atoms with Crippen LogP contribution >= 0.6 is 23.4 Å². The maximum absolute atomic E-state index is 12.3. The molecule has 0 saturated carbocycles. The van der Waals surface area contributed by atoms with E-state index >= 15 is 0 Å². The number of carbonyl (C=O) groups excluding carboxylic acids is 1. The second-order valence-corrected chi connectivity index (χ2v) is 7.70. The average molecular weight is 476 g/mol. The highest BCUT2D eigenvalue weighted by molar-refractivity contribution is 7.99. The van der Waals surface area contributed by atoms with Crippen LogP contribution < -0.4 is 19.5 Å². The van der Waals surface area contributed by atoms with Crippen molar-refractivity contribution in [2.75, 3.05) is 32.4 Å². The number of pyridine rings is 1. The number of nitrogens with one attached hydrogen (secondary N) is 1. The van der Waals surface area contributed by atoms with Gasteiger partial charge >= 0.3 is 0 Å². The third-order valence-electron chi connectivity index (χ3n) is 4.28.